The molecule has 56 heavy (non-hydrogen) atoms. The number of hydrogen-bond acceptors (Lipinski definition) is 10. The Hall–Kier alpha value is -6.38. The topological polar surface area (TPSA) is 125 Å². The molecular weight excluding hydrogens is 753 g/mol. The van der Waals surface area contributed by atoms with Crippen molar-refractivity contribution in [2.24, 2.45) is 0 Å². The summed E-state index contributed by atoms with van der Waals surface area (Å²) in [5.41, 5.74) is -3.44. The monoisotopic (exact) mass is 786 g/mol. The summed E-state index contributed by atoms with van der Waals surface area (Å²) in [5.74, 6) is -6.55. The van der Waals surface area contributed by atoms with Crippen LogP contribution in [0.5, 0.6) is 28.9 Å². The number of benzene rings is 3. The predicted octanol–water partition coefficient (Wildman–Crippen LogP) is 8.19. The highest BCUT2D eigenvalue weighted by atomic mass is 19.4. The number of nitrogens with zero attached hydrogens (tertiary/aromatic N) is 6. The summed E-state index contributed by atoms with van der Waals surface area (Å²) in [4.78, 5) is 28.2. The van der Waals surface area contributed by atoms with Gasteiger partial charge in [-0.3, -0.25) is 9.36 Å². The lowest BCUT2D eigenvalue weighted by Crippen LogP contribution is -2.37. The second-order valence-corrected chi connectivity index (χ2v) is 12.3. The summed E-state index contributed by atoms with van der Waals surface area (Å²) in [7, 11) is 4.31. The molecule has 0 aliphatic carbocycles. The molecule has 0 amide bonds. The summed E-state index contributed by atoms with van der Waals surface area (Å²) >= 11 is 0. The molecule has 5 rings (SSSR count). The molecule has 5 aromatic rings. The molecule has 0 unspecified atom stereocenters. The Labute approximate surface area is 315 Å². The van der Waals surface area contributed by atoms with E-state index in [-0.39, 0.29) is 41.7 Å². The molecule has 3 aromatic carbocycles. The number of anilines is 1. The SMILES string of the molecule is COc1ccc(CN(Cc2ccc(OC)cc2)c2nc(C)nc(OC)c2Cn2cnc(C(F)(F)C(F)(F)F)c(Oc3cc(C(F)F)cc(C#N)c3C)c2=O)cc1. The van der Waals surface area contributed by atoms with E-state index in [1.807, 2.05) is 24.3 Å². The number of methoxy groups -OCH3 is 3. The van der Waals surface area contributed by atoms with E-state index < -0.39 is 58.9 Å². The molecule has 2 heterocycles. The van der Waals surface area contributed by atoms with Crippen LogP contribution in [0.4, 0.5) is 36.6 Å². The lowest BCUT2D eigenvalue weighted by atomic mass is 10.0. The summed E-state index contributed by atoms with van der Waals surface area (Å²) in [6.45, 7) is 2.54. The number of halogens is 7. The van der Waals surface area contributed by atoms with Gasteiger partial charge >= 0.3 is 12.1 Å². The van der Waals surface area contributed by atoms with Crippen LogP contribution in [0.3, 0.4) is 0 Å². The number of alkyl halides is 7. The molecule has 294 valence electrons. The molecule has 0 spiro atoms. The van der Waals surface area contributed by atoms with E-state index >= 15 is 8.78 Å². The van der Waals surface area contributed by atoms with Crippen molar-refractivity contribution in [1.29, 1.82) is 5.26 Å². The minimum Gasteiger partial charge on any atom is -0.497 e. The summed E-state index contributed by atoms with van der Waals surface area (Å²) in [6.07, 6.45) is -8.98. The fraction of sp³-hybridized carbons (Fsp3) is 0.289. The zero-order chi connectivity index (χ0) is 40.9. The van der Waals surface area contributed by atoms with Gasteiger partial charge in [-0.05, 0) is 61.4 Å². The van der Waals surface area contributed by atoms with Gasteiger partial charge in [0, 0.05) is 24.2 Å². The number of aromatic nitrogens is 4. The van der Waals surface area contributed by atoms with Crippen LogP contribution < -0.4 is 29.4 Å². The molecule has 2 aromatic heterocycles. The fourth-order valence-corrected chi connectivity index (χ4v) is 5.60. The standard InChI is InChI=1S/C38H33F7N6O5/c1-21-26(16-46)14-25(33(39)40)15-30(21)56-31-32(37(41,42)38(43,44)45)47-20-51(36(31)52)19-29-34(48-22(2)49-35(29)55-5)50(17-23-6-10-27(53-3)11-7-23)18-24-8-12-28(54-4)13-9-24/h6-15,20,33H,17-19H2,1-5H3. The van der Waals surface area contributed by atoms with Gasteiger partial charge in [0.2, 0.25) is 11.6 Å². The lowest BCUT2D eigenvalue weighted by Gasteiger charge is -2.28. The van der Waals surface area contributed by atoms with Gasteiger partial charge in [0.25, 0.3) is 12.0 Å². The van der Waals surface area contributed by atoms with E-state index in [9.17, 15) is 32.0 Å². The molecule has 18 heteroatoms. The third-order valence-corrected chi connectivity index (χ3v) is 8.56. The maximum atomic E-state index is 15.0. The van der Waals surface area contributed by atoms with Crippen LogP contribution >= 0.6 is 0 Å². The van der Waals surface area contributed by atoms with E-state index in [0.717, 1.165) is 17.2 Å². The van der Waals surface area contributed by atoms with Crippen molar-refractivity contribution in [2.75, 3.05) is 26.2 Å². The molecule has 0 bridgehead atoms. The molecule has 0 aliphatic heterocycles. The summed E-state index contributed by atoms with van der Waals surface area (Å²) in [5, 5.41) is 9.51. The molecule has 0 saturated carbocycles. The third kappa shape index (κ3) is 8.61. The molecular formula is C38H33F7N6O5. The minimum atomic E-state index is -6.25. The lowest BCUT2D eigenvalue weighted by molar-refractivity contribution is -0.291. The second kappa shape index (κ2) is 16.6. The number of nitriles is 1. The van der Waals surface area contributed by atoms with Crippen LogP contribution in [0, 0.1) is 25.2 Å². The van der Waals surface area contributed by atoms with E-state index in [2.05, 4.69) is 15.0 Å². The fourth-order valence-electron chi connectivity index (χ4n) is 5.60. The highest BCUT2D eigenvalue weighted by Crippen LogP contribution is 2.46. The Bertz CT molecular complexity index is 2240. The average molecular weight is 787 g/mol. The van der Waals surface area contributed by atoms with Crippen molar-refractivity contribution >= 4 is 5.82 Å². The summed E-state index contributed by atoms with van der Waals surface area (Å²) < 4.78 is 121. The van der Waals surface area contributed by atoms with Crippen molar-refractivity contribution < 1.29 is 49.7 Å². The number of hydrogen-bond donors (Lipinski definition) is 0. The molecule has 0 fully saturated rings. The Balaban J connectivity index is 1.70. The van der Waals surface area contributed by atoms with Crippen LogP contribution in [0.25, 0.3) is 0 Å². The highest BCUT2D eigenvalue weighted by molar-refractivity contribution is 5.54. The first-order valence-electron chi connectivity index (χ1n) is 16.5. The van der Waals surface area contributed by atoms with Crippen LogP contribution in [0.15, 0.2) is 71.8 Å². The highest BCUT2D eigenvalue weighted by Gasteiger charge is 2.62. The van der Waals surface area contributed by atoms with Gasteiger partial charge in [-0.15, -0.1) is 0 Å². The Morgan fingerprint density at radius 1 is 0.857 bits per heavy atom. The van der Waals surface area contributed by atoms with Gasteiger partial charge < -0.3 is 23.8 Å². The third-order valence-electron chi connectivity index (χ3n) is 8.56. The van der Waals surface area contributed by atoms with Crippen molar-refractivity contribution in [2.45, 2.75) is 52.0 Å². The quantitative estimate of drug-likeness (QED) is 0.102. The molecule has 0 saturated heterocycles. The van der Waals surface area contributed by atoms with E-state index in [1.54, 1.807) is 42.2 Å². The molecule has 0 atom stereocenters. The summed E-state index contributed by atoms with van der Waals surface area (Å²) in [6, 6.07) is 17.3. The Morgan fingerprint density at radius 3 is 1.91 bits per heavy atom. The molecule has 0 aliphatic rings. The zero-order valence-corrected chi connectivity index (χ0v) is 30.4. The van der Waals surface area contributed by atoms with Gasteiger partial charge in [0.1, 0.15) is 28.9 Å². The minimum absolute atomic E-state index is 0.0693. The predicted molar refractivity (Wildman–Crippen MR) is 188 cm³/mol. The van der Waals surface area contributed by atoms with E-state index in [4.69, 9.17) is 18.9 Å². The maximum Gasteiger partial charge on any atom is 0.459 e. The Kier molecular flexibility index (Phi) is 12.1. The van der Waals surface area contributed by atoms with Gasteiger partial charge in [0.15, 0.2) is 5.69 Å². The number of ether oxygens (including phenoxy) is 4. The van der Waals surface area contributed by atoms with Gasteiger partial charge in [0.05, 0.1) is 51.4 Å². The maximum absolute atomic E-state index is 15.0. The average Bonchev–Trinajstić information content (AvgIpc) is 3.17. The van der Waals surface area contributed by atoms with Gasteiger partial charge in [-0.1, -0.05) is 24.3 Å². The van der Waals surface area contributed by atoms with E-state index in [1.165, 1.54) is 28.3 Å². The first-order valence-corrected chi connectivity index (χ1v) is 16.5. The molecule has 0 radical (unpaired) electrons. The van der Waals surface area contributed by atoms with Crippen LogP contribution in [0.1, 0.15) is 51.3 Å². The largest absolute Gasteiger partial charge is 0.497 e. The van der Waals surface area contributed by atoms with Crippen LogP contribution in [0.2, 0.25) is 0 Å². The van der Waals surface area contributed by atoms with Crippen molar-refractivity contribution in [1.82, 2.24) is 19.5 Å². The first-order chi connectivity index (χ1) is 26.5. The number of aryl methyl sites for hydroxylation is 1. The van der Waals surface area contributed by atoms with Gasteiger partial charge in [-0.25, -0.2) is 18.7 Å². The normalized spacial score (nSPS) is 11.6. The first kappa shape index (κ1) is 40.8. The van der Waals surface area contributed by atoms with Crippen LogP contribution in [-0.4, -0.2) is 47.0 Å². The van der Waals surface area contributed by atoms with Crippen molar-refractivity contribution in [3.8, 4) is 34.9 Å². The molecule has 11 nitrogen and oxygen atoms in total. The van der Waals surface area contributed by atoms with Crippen molar-refractivity contribution in [3.63, 3.8) is 0 Å². The van der Waals surface area contributed by atoms with E-state index in [0.29, 0.717) is 28.5 Å². The molecule has 0 N–H and O–H groups in total. The Morgan fingerprint density at radius 2 is 1.43 bits per heavy atom. The zero-order valence-electron chi connectivity index (χ0n) is 30.4. The second-order valence-electron chi connectivity index (χ2n) is 12.3. The smallest absolute Gasteiger partial charge is 0.459 e. The van der Waals surface area contributed by atoms with Crippen LogP contribution in [-0.2, 0) is 25.6 Å². The van der Waals surface area contributed by atoms with Crippen molar-refractivity contribution in [3.05, 3.63) is 122 Å². The number of rotatable bonds is 14. The van der Waals surface area contributed by atoms with Gasteiger partial charge in [-0.2, -0.15) is 32.2 Å².